The molecule has 11 nitrogen and oxygen atoms in total. The van der Waals surface area contributed by atoms with Crippen LogP contribution in [0.3, 0.4) is 0 Å². The van der Waals surface area contributed by atoms with Crippen LogP contribution in [-0.4, -0.2) is 68.2 Å². The van der Waals surface area contributed by atoms with Crippen LogP contribution < -0.4 is 15.4 Å². The number of amides is 1. The van der Waals surface area contributed by atoms with Gasteiger partial charge in [0.15, 0.2) is 17.8 Å². The maximum absolute atomic E-state index is 12.5. The lowest BCUT2D eigenvalue weighted by molar-refractivity contribution is -0.117. The summed E-state index contributed by atoms with van der Waals surface area (Å²) in [6, 6.07) is 5.97. The van der Waals surface area contributed by atoms with Crippen molar-refractivity contribution in [3.05, 3.63) is 84.5 Å². The lowest BCUT2D eigenvalue weighted by atomic mass is 10.0. The number of fused-ring (bicyclic) bond motifs is 1. The molecule has 1 aliphatic heterocycles. The SMILES string of the molecule is C.C=C(/C=C\C=C/CC)CN1CC(n2cc(-c3c(C)ccc(Nc4cc(NC(=O)C5CC5)nn5cc(C=O)nc45)c3OC)cn2)C1.CC. The van der Waals surface area contributed by atoms with E-state index in [1.807, 2.05) is 49.9 Å². The number of anilines is 3. The Morgan fingerprint density at radius 2 is 1.92 bits per heavy atom. The second-order valence-electron chi connectivity index (χ2n) is 11.6. The summed E-state index contributed by atoms with van der Waals surface area (Å²) in [6.07, 6.45) is 17.2. The van der Waals surface area contributed by atoms with E-state index in [4.69, 9.17) is 9.84 Å². The van der Waals surface area contributed by atoms with Crippen molar-refractivity contribution in [1.29, 1.82) is 0 Å². The third-order valence-corrected chi connectivity index (χ3v) is 8.05. The van der Waals surface area contributed by atoms with Crippen LogP contribution >= 0.6 is 0 Å². The normalized spacial score (nSPS) is 14.7. The number of rotatable bonds is 13. The molecule has 2 fully saturated rings. The number of carbonyl (C=O) groups excluding carboxylic acids is 2. The Balaban J connectivity index is 0.00000170. The topological polar surface area (TPSA) is 119 Å². The minimum Gasteiger partial charge on any atom is -0.494 e. The monoisotopic (exact) mass is 652 g/mol. The number of aryl methyl sites for hydroxylation is 1. The van der Waals surface area contributed by atoms with Crippen LogP contribution in [0.5, 0.6) is 5.75 Å². The first-order chi connectivity index (χ1) is 22.9. The molecule has 1 amide bonds. The second kappa shape index (κ2) is 16.2. The Morgan fingerprint density at radius 1 is 1.15 bits per heavy atom. The molecule has 2 aliphatic rings. The number of likely N-dealkylation sites (tertiary alicyclic amines) is 1. The molecule has 3 aromatic heterocycles. The van der Waals surface area contributed by atoms with Gasteiger partial charge in [0.1, 0.15) is 11.4 Å². The fourth-order valence-corrected chi connectivity index (χ4v) is 5.53. The van der Waals surface area contributed by atoms with Crippen molar-refractivity contribution in [2.75, 3.05) is 37.4 Å². The van der Waals surface area contributed by atoms with Gasteiger partial charge in [-0.2, -0.15) is 5.10 Å². The van der Waals surface area contributed by atoms with Gasteiger partial charge in [0, 0.05) is 48.9 Å². The molecule has 1 saturated carbocycles. The van der Waals surface area contributed by atoms with Crippen LogP contribution in [-0.2, 0) is 4.79 Å². The summed E-state index contributed by atoms with van der Waals surface area (Å²) in [6.45, 7) is 15.0. The molecule has 254 valence electrons. The molecule has 4 heterocycles. The number of methoxy groups -OCH3 is 1. The highest BCUT2D eigenvalue weighted by Crippen LogP contribution is 2.41. The summed E-state index contributed by atoms with van der Waals surface area (Å²) in [5.41, 5.74) is 5.94. The Kier molecular flexibility index (Phi) is 12.1. The summed E-state index contributed by atoms with van der Waals surface area (Å²) in [7, 11) is 1.64. The molecule has 0 atom stereocenters. The summed E-state index contributed by atoms with van der Waals surface area (Å²) >= 11 is 0. The summed E-state index contributed by atoms with van der Waals surface area (Å²) in [4.78, 5) is 30.8. The molecule has 4 aromatic rings. The molecule has 0 spiro atoms. The Bertz CT molecular complexity index is 1810. The van der Waals surface area contributed by atoms with E-state index in [0.29, 0.717) is 34.9 Å². The zero-order chi connectivity index (χ0) is 33.5. The van der Waals surface area contributed by atoms with Crippen LogP contribution in [0.25, 0.3) is 16.8 Å². The van der Waals surface area contributed by atoms with Gasteiger partial charge in [-0.25, -0.2) is 9.50 Å². The molecule has 48 heavy (non-hydrogen) atoms. The largest absolute Gasteiger partial charge is 0.494 e. The highest BCUT2D eigenvalue weighted by molar-refractivity contribution is 5.94. The first kappa shape index (κ1) is 35.8. The van der Waals surface area contributed by atoms with E-state index < -0.39 is 0 Å². The number of nitrogens with zero attached hydrogens (tertiary/aromatic N) is 6. The summed E-state index contributed by atoms with van der Waals surface area (Å²) in [5.74, 6) is 0.968. The van der Waals surface area contributed by atoms with E-state index in [0.717, 1.165) is 61.2 Å². The maximum Gasteiger partial charge on any atom is 0.228 e. The molecule has 11 heteroatoms. The predicted octanol–water partition coefficient (Wildman–Crippen LogP) is 7.41. The van der Waals surface area contributed by atoms with E-state index >= 15 is 0 Å². The standard InChI is InChI=1S/C34H38N8O3.C2H6.CH4/c1-5-6-7-8-9-22(2)16-40-19-27(20-40)41-17-25(15-35-41)31-23(3)10-13-28(32(31)45-4)37-29-14-30(38-34(44)24-11-12-24)39-42-18-26(21-43)36-33(29)42;1-2;/h6-10,13-15,17-18,21,24,27,37H,2,5,11-12,16,19-20H2,1,3-4H3,(H,38,39,44);1-2H3;1H4/b7-6-,9-8-;;. The molecular weight excluding hydrogens is 604 g/mol. The smallest absolute Gasteiger partial charge is 0.228 e. The average molecular weight is 653 g/mol. The van der Waals surface area contributed by atoms with Gasteiger partial charge in [-0.15, -0.1) is 5.10 Å². The number of hydrogen-bond acceptors (Lipinski definition) is 8. The second-order valence-corrected chi connectivity index (χ2v) is 11.6. The number of hydrogen-bond donors (Lipinski definition) is 2. The van der Waals surface area contributed by atoms with E-state index in [1.54, 1.807) is 13.2 Å². The molecule has 0 bridgehead atoms. The zero-order valence-electron chi connectivity index (χ0n) is 27.9. The van der Waals surface area contributed by atoms with Crippen LogP contribution in [0, 0.1) is 12.8 Å². The van der Waals surface area contributed by atoms with E-state index in [1.165, 1.54) is 10.7 Å². The van der Waals surface area contributed by atoms with Gasteiger partial charge in [-0.05, 0) is 43.4 Å². The third-order valence-electron chi connectivity index (χ3n) is 8.05. The van der Waals surface area contributed by atoms with Crippen molar-refractivity contribution >= 4 is 35.0 Å². The number of aldehydes is 1. The molecule has 0 unspecified atom stereocenters. The molecule has 1 saturated heterocycles. The lowest BCUT2D eigenvalue weighted by Crippen LogP contribution is -2.48. The van der Waals surface area contributed by atoms with Crippen molar-refractivity contribution in [3.63, 3.8) is 0 Å². The number of carbonyl (C=O) groups is 2. The van der Waals surface area contributed by atoms with Crippen molar-refractivity contribution in [1.82, 2.24) is 29.3 Å². The van der Waals surface area contributed by atoms with Crippen LogP contribution in [0.1, 0.15) is 69.6 Å². The summed E-state index contributed by atoms with van der Waals surface area (Å²) in [5, 5.41) is 15.5. The van der Waals surface area contributed by atoms with Gasteiger partial charge in [0.25, 0.3) is 0 Å². The predicted molar refractivity (Wildman–Crippen MR) is 193 cm³/mol. The quantitative estimate of drug-likeness (QED) is 0.113. The Labute approximate surface area is 283 Å². The van der Waals surface area contributed by atoms with Gasteiger partial charge < -0.3 is 15.4 Å². The fraction of sp³-hybridized carbons (Fsp3) is 0.378. The van der Waals surface area contributed by atoms with Crippen molar-refractivity contribution in [2.45, 2.75) is 60.4 Å². The molecule has 1 aromatic carbocycles. The number of aromatic nitrogens is 5. The van der Waals surface area contributed by atoms with Gasteiger partial charge in [-0.3, -0.25) is 19.2 Å². The zero-order valence-corrected chi connectivity index (χ0v) is 27.9. The van der Waals surface area contributed by atoms with Gasteiger partial charge >= 0.3 is 0 Å². The first-order valence-corrected chi connectivity index (χ1v) is 16.3. The molecule has 6 rings (SSSR count). The third kappa shape index (κ3) is 8.09. The van der Waals surface area contributed by atoms with Crippen molar-refractivity contribution < 1.29 is 14.3 Å². The average Bonchev–Trinajstić information content (AvgIpc) is 3.66. The van der Waals surface area contributed by atoms with E-state index in [2.05, 4.69) is 63.5 Å². The number of imidazole rings is 1. The van der Waals surface area contributed by atoms with Crippen LogP contribution in [0.4, 0.5) is 17.2 Å². The van der Waals surface area contributed by atoms with Gasteiger partial charge in [0.2, 0.25) is 5.91 Å². The fourth-order valence-electron chi connectivity index (χ4n) is 5.53. The number of benzene rings is 1. The molecule has 2 N–H and O–H groups in total. The Hall–Kier alpha value is -5.03. The number of allylic oxidation sites excluding steroid dienone is 3. The highest BCUT2D eigenvalue weighted by Gasteiger charge is 2.31. The Morgan fingerprint density at radius 3 is 2.60 bits per heavy atom. The summed E-state index contributed by atoms with van der Waals surface area (Å²) < 4.78 is 9.50. The van der Waals surface area contributed by atoms with E-state index in [-0.39, 0.29) is 31.0 Å². The molecule has 0 radical (unpaired) electrons. The molecular formula is C37H48N8O3. The van der Waals surface area contributed by atoms with E-state index in [9.17, 15) is 9.59 Å². The minimum atomic E-state index is -0.0630. The number of ether oxygens (including phenoxy) is 1. The van der Waals surface area contributed by atoms with Gasteiger partial charge in [-0.1, -0.05) is 65.1 Å². The minimum absolute atomic E-state index is 0. The lowest BCUT2D eigenvalue weighted by Gasteiger charge is -2.39. The maximum atomic E-state index is 12.5. The van der Waals surface area contributed by atoms with Crippen molar-refractivity contribution in [3.8, 4) is 16.9 Å². The highest BCUT2D eigenvalue weighted by atomic mass is 16.5. The molecule has 1 aliphatic carbocycles. The first-order valence-electron chi connectivity index (χ1n) is 16.3. The van der Waals surface area contributed by atoms with Crippen LogP contribution in [0.2, 0.25) is 0 Å². The number of nitrogens with one attached hydrogen (secondary N) is 2. The van der Waals surface area contributed by atoms with Crippen LogP contribution in [0.15, 0.2) is 73.2 Å². The van der Waals surface area contributed by atoms with Crippen molar-refractivity contribution in [2.24, 2.45) is 5.92 Å². The van der Waals surface area contributed by atoms with Gasteiger partial charge in [0.05, 0.1) is 36.9 Å².